The monoisotopic (exact) mass is 300 g/mol. The molecule has 1 heterocycles. The molecule has 1 aromatic carbocycles. The zero-order chi connectivity index (χ0) is 16.2. The Morgan fingerprint density at radius 2 is 1.86 bits per heavy atom. The van der Waals surface area contributed by atoms with E-state index in [1.807, 2.05) is 32.9 Å². The molecular weight excluding hydrogens is 280 g/mol. The van der Waals surface area contributed by atoms with E-state index in [2.05, 4.69) is 9.97 Å². The van der Waals surface area contributed by atoms with Gasteiger partial charge in [-0.3, -0.25) is 4.79 Å². The largest absolute Gasteiger partial charge is 0.456 e. The fourth-order valence-electron chi connectivity index (χ4n) is 1.98. The van der Waals surface area contributed by atoms with Gasteiger partial charge in [0.05, 0.1) is 11.9 Å². The van der Waals surface area contributed by atoms with E-state index < -0.39 is 5.60 Å². The Bertz CT molecular complexity index is 697. The maximum Gasteiger partial charge on any atom is 0.338 e. The van der Waals surface area contributed by atoms with E-state index in [-0.39, 0.29) is 11.5 Å². The normalized spacial score (nSPS) is 11.2. The Kier molecular flexibility index (Phi) is 4.75. The van der Waals surface area contributed by atoms with Gasteiger partial charge in [0.1, 0.15) is 5.60 Å². The van der Waals surface area contributed by atoms with Crippen LogP contribution in [0.3, 0.4) is 0 Å². The van der Waals surface area contributed by atoms with E-state index in [1.165, 1.54) is 6.33 Å². The summed E-state index contributed by atoms with van der Waals surface area (Å²) in [6, 6.07) is 7.25. The predicted octanol–water partition coefficient (Wildman–Crippen LogP) is 2.51. The summed E-state index contributed by atoms with van der Waals surface area (Å²) in [5.41, 5.74) is 1.62. The van der Waals surface area contributed by atoms with Crippen LogP contribution in [0.4, 0.5) is 0 Å². The van der Waals surface area contributed by atoms with Crippen LogP contribution < -0.4 is 5.56 Å². The fraction of sp³-hybridized carbons (Fsp3) is 0.353. The van der Waals surface area contributed by atoms with Crippen molar-refractivity contribution in [2.24, 2.45) is 0 Å². The maximum absolute atomic E-state index is 11.9. The van der Waals surface area contributed by atoms with E-state index in [9.17, 15) is 9.59 Å². The molecule has 2 rings (SSSR count). The van der Waals surface area contributed by atoms with Crippen LogP contribution in [0.25, 0.3) is 0 Å². The van der Waals surface area contributed by atoms with Gasteiger partial charge in [0.2, 0.25) is 0 Å². The Labute approximate surface area is 129 Å². The first-order valence-corrected chi connectivity index (χ1v) is 7.19. The molecular formula is C17H20N2O3. The first kappa shape index (κ1) is 15.9. The molecule has 0 aliphatic heterocycles. The number of esters is 1. The van der Waals surface area contributed by atoms with E-state index in [0.717, 1.165) is 5.56 Å². The molecule has 0 atom stereocenters. The highest BCUT2D eigenvalue weighted by atomic mass is 16.6. The van der Waals surface area contributed by atoms with Crippen LogP contribution in [0.2, 0.25) is 0 Å². The molecule has 0 saturated carbocycles. The van der Waals surface area contributed by atoms with Crippen molar-refractivity contribution in [1.82, 2.24) is 9.97 Å². The minimum Gasteiger partial charge on any atom is -0.456 e. The number of hydrogen-bond donors (Lipinski definition) is 1. The van der Waals surface area contributed by atoms with Crippen molar-refractivity contribution in [3.05, 3.63) is 63.8 Å². The molecule has 2 aromatic rings. The topological polar surface area (TPSA) is 72.0 Å². The molecule has 5 nitrogen and oxygen atoms in total. The van der Waals surface area contributed by atoms with Gasteiger partial charge in [-0.15, -0.1) is 0 Å². The van der Waals surface area contributed by atoms with Crippen LogP contribution in [-0.4, -0.2) is 21.5 Å². The summed E-state index contributed by atoms with van der Waals surface area (Å²) in [5, 5.41) is 0. The number of H-pyrrole nitrogens is 1. The summed E-state index contributed by atoms with van der Waals surface area (Å²) < 4.78 is 5.32. The number of ether oxygens (including phenoxy) is 1. The predicted molar refractivity (Wildman–Crippen MR) is 83.9 cm³/mol. The number of carbonyl (C=O) groups excluding carboxylic acids is 1. The maximum atomic E-state index is 11.9. The van der Waals surface area contributed by atoms with E-state index in [4.69, 9.17) is 4.74 Å². The number of carbonyl (C=O) groups is 1. The van der Waals surface area contributed by atoms with Gasteiger partial charge >= 0.3 is 5.97 Å². The van der Waals surface area contributed by atoms with Crippen molar-refractivity contribution >= 4 is 5.97 Å². The van der Waals surface area contributed by atoms with E-state index >= 15 is 0 Å². The van der Waals surface area contributed by atoms with Crippen LogP contribution in [0.1, 0.15) is 42.3 Å². The van der Waals surface area contributed by atoms with E-state index in [1.54, 1.807) is 18.3 Å². The molecule has 116 valence electrons. The zero-order valence-corrected chi connectivity index (χ0v) is 13.1. The SMILES string of the molecule is CC(C)(C)OC(=O)c1ccc(CCc2cnc[nH]c2=O)cc1. The Hall–Kier alpha value is -2.43. The van der Waals surface area contributed by atoms with Gasteiger partial charge < -0.3 is 9.72 Å². The van der Waals surface area contributed by atoms with Gasteiger partial charge in [0.25, 0.3) is 5.56 Å². The number of aryl methyl sites for hydroxylation is 2. The fourth-order valence-corrected chi connectivity index (χ4v) is 1.98. The molecule has 1 N–H and O–H groups in total. The zero-order valence-electron chi connectivity index (χ0n) is 13.1. The van der Waals surface area contributed by atoms with Crippen molar-refractivity contribution in [2.45, 2.75) is 39.2 Å². The number of benzene rings is 1. The third-order valence-electron chi connectivity index (χ3n) is 3.06. The van der Waals surface area contributed by atoms with Crippen LogP contribution in [0.5, 0.6) is 0 Å². The molecule has 22 heavy (non-hydrogen) atoms. The summed E-state index contributed by atoms with van der Waals surface area (Å²) in [6.07, 6.45) is 4.27. The smallest absolute Gasteiger partial charge is 0.338 e. The highest BCUT2D eigenvalue weighted by Gasteiger charge is 2.17. The Balaban J connectivity index is 1.99. The average Bonchev–Trinajstić information content (AvgIpc) is 2.45. The van der Waals surface area contributed by atoms with Gasteiger partial charge in [0.15, 0.2) is 0 Å². The van der Waals surface area contributed by atoms with Gasteiger partial charge in [-0.1, -0.05) is 12.1 Å². The number of nitrogens with one attached hydrogen (secondary N) is 1. The molecule has 5 heteroatoms. The summed E-state index contributed by atoms with van der Waals surface area (Å²) in [7, 11) is 0. The van der Waals surface area contributed by atoms with Crippen molar-refractivity contribution < 1.29 is 9.53 Å². The summed E-state index contributed by atoms with van der Waals surface area (Å²) in [6.45, 7) is 5.51. The lowest BCUT2D eigenvalue weighted by Crippen LogP contribution is -2.23. The highest BCUT2D eigenvalue weighted by molar-refractivity contribution is 5.89. The van der Waals surface area contributed by atoms with Crippen LogP contribution in [0.15, 0.2) is 41.6 Å². The lowest BCUT2D eigenvalue weighted by atomic mass is 10.0. The Morgan fingerprint density at radius 3 is 2.45 bits per heavy atom. The molecule has 0 fully saturated rings. The minimum atomic E-state index is -0.503. The Morgan fingerprint density at radius 1 is 1.18 bits per heavy atom. The number of hydrogen-bond acceptors (Lipinski definition) is 4. The molecule has 0 radical (unpaired) electrons. The number of nitrogens with zero attached hydrogens (tertiary/aromatic N) is 1. The lowest BCUT2D eigenvalue weighted by Gasteiger charge is -2.19. The summed E-state index contributed by atoms with van der Waals surface area (Å²) >= 11 is 0. The quantitative estimate of drug-likeness (QED) is 0.881. The van der Waals surface area contributed by atoms with Crippen molar-refractivity contribution in [3.8, 4) is 0 Å². The molecule has 0 aliphatic carbocycles. The molecule has 0 aliphatic rings. The summed E-state index contributed by atoms with van der Waals surface area (Å²) in [5.74, 6) is -0.331. The number of rotatable bonds is 4. The molecule has 0 spiro atoms. The van der Waals surface area contributed by atoms with Crippen LogP contribution >= 0.6 is 0 Å². The summed E-state index contributed by atoms with van der Waals surface area (Å²) in [4.78, 5) is 29.9. The second kappa shape index (κ2) is 6.56. The second-order valence-electron chi connectivity index (χ2n) is 6.10. The third kappa shape index (κ3) is 4.55. The molecule has 0 saturated heterocycles. The third-order valence-corrected chi connectivity index (χ3v) is 3.06. The van der Waals surface area contributed by atoms with Gasteiger partial charge in [-0.05, 0) is 51.3 Å². The molecule has 0 unspecified atom stereocenters. The second-order valence-corrected chi connectivity index (χ2v) is 6.10. The number of aromatic amines is 1. The molecule has 0 bridgehead atoms. The molecule has 1 aromatic heterocycles. The first-order chi connectivity index (χ1) is 10.3. The van der Waals surface area contributed by atoms with Gasteiger partial charge in [-0.25, -0.2) is 9.78 Å². The van der Waals surface area contributed by atoms with E-state index in [0.29, 0.717) is 24.0 Å². The van der Waals surface area contributed by atoms with Crippen molar-refractivity contribution in [2.75, 3.05) is 0 Å². The lowest BCUT2D eigenvalue weighted by molar-refractivity contribution is 0.00695. The van der Waals surface area contributed by atoms with Gasteiger partial charge in [-0.2, -0.15) is 0 Å². The van der Waals surface area contributed by atoms with Crippen molar-refractivity contribution in [1.29, 1.82) is 0 Å². The number of aromatic nitrogens is 2. The van der Waals surface area contributed by atoms with Gasteiger partial charge in [0, 0.05) is 11.8 Å². The standard InChI is InChI=1S/C17H20N2O3/c1-17(2,3)22-16(21)13-7-4-12(5-8-13)6-9-14-10-18-11-19-15(14)20/h4-5,7-8,10-11H,6,9H2,1-3H3,(H,18,19,20). The van der Waals surface area contributed by atoms with Crippen LogP contribution in [-0.2, 0) is 17.6 Å². The first-order valence-electron chi connectivity index (χ1n) is 7.19. The van der Waals surface area contributed by atoms with Crippen molar-refractivity contribution in [3.63, 3.8) is 0 Å². The molecule has 0 amide bonds. The highest BCUT2D eigenvalue weighted by Crippen LogP contribution is 2.13. The van der Waals surface area contributed by atoms with Crippen LogP contribution in [0, 0.1) is 0 Å². The minimum absolute atomic E-state index is 0.111. The average molecular weight is 300 g/mol.